The molecule has 3 aliphatic rings. The molecule has 3 heterocycles. The summed E-state index contributed by atoms with van der Waals surface area (Å²) in [4.78, 5) is 40.5. The molecule has 9 heteroatoms. The Morgan fingerprint density at radius 3 is 2.61 bits per heavy atom. The van der Waals surface area contributed by atoms with Crippen molar-refractivity contribution in [2.45, 2.75) is 64.6 Å². The third-order valence-electron chi connectivity index (χ3n) is 6.94. The second-order valence-electron chi connectivity index (χ2n) is 9.85. The maximum Gasteiger partial charge on any atom is 0.255 e. The molecule has 0 radical (unpaired) electrons. The molecule has 36 heavy (non-hydrogen) atoms. The molecule has 0 aromatic heterocycles. The Bertz CT molecular complexity index is 1190. The van der Waals surface area contributed by atoms with Gasteiger partial charge in [0.25, 0.3) is 5.91 Å². The van der Waals surface area contributed by atoms with Gasteiger partial charge in [-0.2, -0.15) is 0 Å². The number of halogens is 1. The van der Waals surface area contributed by atoms with Crippen molar-refractivity contribution >= 4 is 17.7 Å². The van der Waals surface area contributed by atoms with Crippen LogP contribution < -0.4 is 10.1 Å². The average Bonchev–Trinajstić information content (AvgIpc) is 3.15. The molecule has 0 saturated carbocycles. The number of carbonyl (C=O) groups is 3. The summed E-state index contributed by atoms with van der Waals surface area (Å²) >= 11 is 0. The first-order chi connectivity index (χ1) is 17.3. The highest BCUT2D eigenvalue weighted by atomic mass is 19.1. The van der Waals surface area contributed by atoms with Crippen molar-refractivity contribution in [3.05, 3.63) is 64.5 Å². The molecule has 3 amide bonds. The van der Waals surface area contributed by atoms with Gasteiger partial charge in [-0.1, -0.05) is 18.2 Å². The third kappa shape index (κ3) is 4.99. The number of ether oxygens (including phenoxy) is 2. The number of piperidine rings is 1. The topological polar surface area (TPSA) is 88.2 Å². The van der Waals surface area contributed by atoms with Crippen LogP contribution in [0.2, 0.25) is 0 Å². The summed E-state index contributed by atoms with van der Waals surface area (Å²) in [5, 5.41) is 2.30. The summed E-state index contributed by atoms with van der Waals surface area (Å²) in [6.45, 7) is 6.58. The molecule has 190 valence electrons. The lowest BCUT2D eigenvalue weighted by atomic mass is 10.0. The molecule has 2 aromatic rings. The van der Waals surface area contributed by atoms with Crippen LogP contribution in [0.1, 0.15) is 53.7 Å². The largest absolute Gasteiger partial charge is 0.488 e. The van der Waals surface area contributed by atoms with Gasteiger partial charge in [0.1, 0.15) is 24.2 Å². The highest BCUT2D eigenvalue weighted by Crippen LogP contribution is 2.34. The van der Waals surface area contributed by atoms with E-state index >= 15 is 0 Å². The first kappa shape index (κ1) is 24.4. The minimum Gasteiger partial charge on any atom is -0.488 e. The number of fused-ring (bicyclic) bond motifs is 1. The predicted octanol–water partition coefficient (Wildman–Crippen LogP) is 2.77. The predicted molar refractivity (Wildman–Crippen MR) is 129 cm³/mol. The molecule has 3 atom stereocenters. The normalized spacial score (nSPS) is 24.6. The van der Waals surface area contributed by atoms with Gasteiger partial charge in [-0.05, 0) is 44.0 Å². The van der Waals surface area contributed by atoms with Crippen LogP contribution in [-0.2, 0) is 34.0 Å². The van der Waals surface area contributed by atoms with Crippen LogP contribution in [0.3, 0.4) is 0 Å². The number of imide groups is 1. The van der Waals surface area contributed by atoms with Crippen molar-refractivity contribution in [3.63, 3.8) is 0 Å². The van der Waals surface area contributed by atoms with Gasteiger partial charge in [-0.25, -0.2) is 4.39 Å². The standard InChI is InChI=1S/C27H30FN3O5/c1-16-11-30(12-17(2)36-16)13-18-6-7-19(22(28)10-18)15-35-24-5-3-4-20-21(24)14-31(27(20)34)23-8-9-25(32)29-26(23)33/h3-7,10,16-17,23H,8-9,11-15H2,1-2H3,(H,29,32,33). The number of amides is 3. The Balaban J connectivity index is 1.25. The zero-order valence-electron chi connectivity index (χ0n) is 20.5. The van der Waals surface area contributed by atoms with E-state index in [2.05, 4.69) is 10.2 Å². The molecule has 3 aliphatic heterocycles. The highest BCUT2D eigenvalue weighted by molar-refractivity contribution is 6.05. The minimum absolute atomic E-state index is 0.0147. The van der Waals surface area contributed by atoms with Gasteiger partial charge in [-0.3, -0.25) is 24.6 Å². The first-order valence-corrected chi connectivity index (χ1v) is 12.3. The van der Waals surface area contributed by atoms with E-state index in [0.29, 0.717) is 35.4 Å². The van der Waals surface area contributed by atoms with Crippen LogP contribution in [0.5, 0.6) is 5.75 Å². The number of benzene rings is 2. The minimum atomic E-state index is -0.696. The fourth-order valence-corrected chi connectivity index (χ4v) is 5.33. The lowest BCUT2D eigenvalue weighted by molar-refractivity contribution is -0.136. The molecule has 5 rings (SSSR count). The van der Waals surface area contributed by atoms with Gasteiger partial charge in [-0.15, -0.1) is 0 Å². The zero-order valence-corrected chi connectivity index (χ0v) is 20.5. The molecule has 1 N–H and O–H groups in total. The maximum absolute atomic E-state index is 14.9. The number of rotatable bonds is 6. The summed E-state index contributed by atoms with van der Waals surface area (Å²) in [6.07, 6.45) is 0.785. The molecule has 0 bridgehead atoms. The Hall–Kier alpha value is -3.30. The van der Waals surface area contributed by atoms with E-state index in [1.807, 2.05) is 19.9 Å². The van der Waals surface area contributed by atoms with Crippen molar-refractivity contribution in [3.8, 4) is 5.75 Å². The number of nitrogens with zero attached hydrogens (tertiary/aromatic N) is 2. The number of nitrogens with one attached hydrogen (secondary N) is 1. The van der Waals surface area contributed by atoms with Crippen molar-refractivity contribution in [1.82, 2.24) is 15.1 Å². The quantitative estimate of drug-likeness (QED) is 0.620. The monoisotopic (exact) mass is 495 g/mol. The zero-order chi connectivity index (χ0) is 25.4. The van der Waals surface area contributed by atoms with Gasteiger partial charge < -0.3 is 14.4 Å². The van der Waals surface area contributed by atoms with E-state index in [4.69, 9.17) is 9.47 Å². The maximum atomic E-state index is 14.9. The van der Waals surface area contributed by atoms with Gasteiger partial charge >= 0.3 is 0 Å². The van der Waals surface area contributed by atoms with Crippen LogP contribution in [0, 0.1) is 5.82 Å². The van der Waals surface area contributed by atoms with Gasteiger partial charge in [0, 0.05) is 42.7 Å². The Labute approximate surface area is 209 Å². The molecule has 0 spiro atoms. The van der Waals surface area contributed by atoms with E-state index in [1.54, 1.807) is 30.3 Å². The summed E-state index contributed by atoms with van der Waals surface area (Å²) < 4.78 is 26.6. The van der Waals surface area contributed by atoms with Crippen LogP contribution >= 0.6 is 0 Å². The van der Waals surface area contributed by atoms with Gasteiger partial charge in [0.2, 0.25) is 11.8 Å². The van der Waals surface area contributed by atoms with Gasteiger partial charge in [0.05, 0.1) is 18.8 Å². The molecule has 2 fully saturated rings. The highest BCUT2D eigenvalue weighted by Gasteiger charge is 2.40. The van der Waals surface area contributed by atoms with Crippen LogP contribution in [-0.4, -0.2) is 58.9 Å². The Morgan fingerprint density at radius 2 is 1.89 bits per heavy atom. The summed E-state index contributed by atoms with van der Waals surface area (Å²) in [5.41, 5.74) is 2.44. The molecule has 2 aromatic carbocycles. The number of morpholine rings is 1. The van der Waals surface area contributed by atoms with E-state index in [-0.39, 0.29) is 49.4 Å². The van der Waals surface area contributed by atoms with Crippen LogP contribution in [0.25, 0.3) is 0 Å². The van der Waals surface area contributed by atoms with Crippen molar-refractivity contribution in [2.75, 3.05) is 13.1 Å². The molecule has 2 saturated heterocycles. The second-order valence-corrected chi connectivity index (χ2v) is 9.85. The van der Waals surface area contributed by atoms with E-state index in [9.17, 15) is 18.8 Å². The smallest absolute Gasteiger partial charge is 0.255 e. The fraction of sp³-hybridized carbons (Fsp3) is 0.444. The lowest BCUT2D eigenvalue weighted by Gasteiger charge is -2.35. The summed E-state index contributed by atoms with van der Waals surface area (Å²) in [5.74, 6) is -0.914. The van der Waals surface area contributed by atoms with Crippen LogP contribution in [0.15, 0.2) is 36.4 Å². The number of hydrogen-bond donors (Lipinski definition) is 1. The lowest BCUT2D eigenvalue weighted by Crippen LogP contribution is -2.52. The molecule has 3 unspecified atom stereocenters. The third-order valence-corrected chi connectivity index (χ3v) is 6.94. The Morgan fingerprint density at radius 1 is 1.11 bits per heavy atom. The first-order valence-electron chi connectivity index (χ1n) is 12.3. The molecule has 0 aliphatic carbocycles. The van der Waals surface area contributed by atoms with Crippen LogP contribution in [0.4, 0.5) is 4.39 Å². The Kier molecular flexibility index (Phi) is 6.77. The van der Waals surface area contributed by atoms with Crippen molar-refractivity contribution in [1.29, 1.82) is 0 Å². The number of carbonyl (C=O) groups excluding carboxylic acids is 3. The second kappa shape index (κ2) is 9.99. The number of hydrogen-bond acceptors (Lipinski definition) is 6. The van der Waals surface area contributed by atoms with Crippen molar-refractivity contribution in [2.24, 2.45) is 0 Å². The summed E-state index contributed by atoms with van der Waals surface area (Å²) in [6, 6.07) is 9.65. The fourth-order valence-electron chi connectivity index (χ4n) is 5.33. The summed E-state index contributed by atoms with van der Waals surface area (Å²) in [7, 11) is 0. The van der Waals surface area contributed by atoms with E-state index in [1.165, 1.54) is 4.90 Å². The van der Waals surface area contributed by atoms with Crippen molar-refractivity contribution < 1.29 is 28.2 Å². The molecule has 8 nitrogen and oxygen atoms in total. The van der Waals surface area contributed by atoms with E-state index in [0.717, 1.165) is 18.7 Å². The molecular weight excluding hydrogens is 465 g/mol. The van der Waals surface area contributed by atoms with Gasteiger partial charge in [0.15, 0.2) is 0 Å². The SMILES string of the molecule is CC1CN(Cc2ccc(COc3cccc4c3CN(C3CCC(=O)NC3=O)C4=O)c(F)c2)CC(C)O1. The van der Waals surface area contributed by atoms with E-state index < -0.39 is 11.9 Å². The molecular formula is C27H30FN3O5. The average molecular weight is 496 g/mol.